The third-order valence-corrected chi connectivity index (χ3v) is 1.89. The van der Waals surface area contributed by atoms with Gasteiger partial charge in [0.2, 0.25) is 5.76 Å². The van der Waals surface area contributed by atoms with Gasteiger partial charge in [-0.1, -0.05) is 0 Å². The molecule has 0 saturated carbocycles. The zero-order chi connectivity index (χ0) is 12.8. The summed E-state index contributed by atoms with van der Waals surface area (Å²) in [5.74, 6) is -1.56. The highest BCUT2D eigenvalue weighted by Crippen LogP contribution is 2.16. The van der Waals surface area contributed by atoms with Crippen LogP contribution in [0.25, 0.3) is 6.08 Å². The average Bonchev–Trinajstić information content (AvgIpc) is 2.82. The maximum absolute atomic E-state index is 11.3. The summed E-state index contributed by atoms with van der Waals surface area (Å²) in [7, 11) is 2.36. The summed E-state index contributed by atoms with van der Waals surface area (Å²) in [6.07, 6.45) is 2.45. The van der Waals surface area contributed by atoms with E-state index >= 15 is 0 Å². The van der Waals surface area contributed by atoms with Crippen LogP contribution >= 0.6 is 0 Å². The van der Waals surface area contributed by atoms with Gasteiger partial charge in [0, 0.05) is 5.56 Å². The Labute approximate surface area is 97.0 Å². The highest BCUT2D eigenvalue weighted by Gasteiger charge is 2.17. The molecule has 17 heavy (non-hydrogen) atoms. The van der Waals surface area contributed by atoms with Crippen molar-refractivity contribution in [3.63, 3.8) is 0 Å². The Bertz CT molecular complexity index is 506. The first-order valence-corrected chi connectivity index (χ1v) is 4.50. The molecule has 1 heterocycles. The molecule has 6 nitrogen and oxygen atoms in total. The molecule has 0 aliphatic heterocycles. The molecule has 0 saturated heterocycles. The third kappa shape index (κ3) is 2.72. The fraction of sp³-hybridized carbons (Fsp3) is 0.182. The van der Waals surface area contributed by atoms with Gasteiger partial charge in [0.05, 0.1) is 20.5 Å². The topological polar surface area (TPSA) is 89.5 Å². The summed E-state index contributed by atoms with van der Waals surface area (Å²) in [5.41, 5.74) is 0.0397. The summed E-state index contributed by atoms with van der Waals surface area (Å²) >= 11 is 0. The molecular formula is C11H9NO5. The van der Waals surface area contributed by atoms with Crippen molar-refractivity contribution in [2.45, 2.75) is 0 Å². The van der Waals surface area contributed by atoms with E-state index in [1.165, 1.54) is 25.5 Å². The highest BCUT2D eigenvalue weighted by molar-refractivity contribution is 6.00. The van der Waals surface area contributed by atoms with E-state index in [2.05, 4.69) is 9.47 Å². The van der Waals surface area contributed by atoms with Crippen LogP contribution in [0.5, 0.6) is 0 Å². The van der Waals surface area contributed by atoms with Crippen molar-refractivity contribution < 1.29 is 23.5 Å². The van der Waals surface area contributed by atoms with E-state index in [9.17, 15) is 9.59 Å². The van der Waals surface area contributed by atoms with Crippen LogP contribution < -0.4 is 0 Å². The van der Waals surface area contributed by atoms with Crippen LogP contribution in [0.4, 0.5) is 0 Å². The van der Waals surface area contributed by atoms with Crippen LogP contribution in [-0.2, 0) is 14.3 Å². The Hall–Kier alpha value is -2.55. The Morgan fingerprint density at radius 3 is 2.65 bits per heavy atom. The van der Waals surface area contributed by atoms with Gasteiger partial charge >= 0.3 is 11.9 Å². The molecular weight excluding hydrogens is 226 g/mol. The first-order chi connectivity index (χ1) is 8.13. The van der Waals surface area contributed by atoms with Crippen molar-refractivity contribution in [1.82, 2.24) is 0 Å². The number of hydrogen-bond acceptors (Lipinski definition) is 6. The molecule has 1 rings (SSSR count). The van der Waals surface area contributed by atoms with Crippen molar-refractivity contribution in [1.29, 1.82) is 5.26 Å². The van der Waals surface area contributed by atoms with Gasteiger partial charge < -0.3 is 13.9 Å². The monoisotopic (exact) mass is 235 g/mol. The summed E-state index contributed by atoms with van der Waals surface area (Å²) in [6.45, 7) is 0. The molecule has 0 fully saturated rings. The van der Waals surface area contributed by atoms with Gasteiger partial charge in [-0.25, -0.2) is 9.59 Å². The van der Waals surface area contributed by atoms with Crippen LogP contribution in [-0.4, -0.2) is 26.2 Å². The molecule has 0 N–H and O–H groups in total. The van der Waals surface area contributed by atoms with Crippen molar-refractivity contribution in [3.8, 4) is 6.07 Å². The summed E-state index contributed by atoms with van der Waals surface area (Å²) in [4.78, 5) is 22.4. The minimum Gasteiger partial charge on any atom is -0.465 e. The molecule has 6 heteroatoms. The Balaban J connectivity index is 3.14. The van der Waals surface area contributed by atoms with Gasteiger partial charge in [-0.2, -0.15) is 5.26 Å². The minimum absolute atomic E-state index is 0.0795. The molecule has 0 aliphatic rings. The molecule has 0 aromatic carbocycles. The van der Waals surface area contributed by atoms with Gasteiger partial charge in [-0.15, -0.1) is 0 Å². The molecule has 0 spiro atoms. The Morgan fingerprint density at radius 1 is 1.41 bits per heavy atom. The fourth-order valence-electron chi connectivity index (χ4n) is 1.09. The number of carbonyl (C=O) groups excluding carboxylic acids is 2. The molecule has 0 radical (unpaired) electrons. The number of nitrogens with zero attached hydrogens (tertiary/aromatic N) is 1. The Kier molecular flexibility index (Phi) is 4.06. The molecule has 1 aromatic rings. The van der Waals surface area contributed by atoms with Crippen molar-refractivity contribution in [3.05, 3.63) is 29.2 Å². The number of carbonyl (C=O) groups is 2. The number of furan rings is 1. The number of rotatable bonds is 3. The molecule has 0 atom stereocenters. The molecule has 88 valence electrons. The number of ether oxygens (including phenoxy) is 2. The van der Waals surface area contributed by atoms with E-state index in [1.807, 2.05) is 0 Å². The average molecular weight is 235 g/mol. The number of hydrogen-bond donors (Lipinski definition) is 0. The van der Waals surface area contributed by atoms with Crippen LogP contribution in [0.3, 0.4) is 0 Å². The van der Waals surface area contributed by atoms with Crippen molar-refractivity contribution >= 4 is 18.0 Å². The lowest BCUT2D eigenvalue weighted by Gasteiger charge is -1.97. The lowest BCUT2D eigenvalue weighted by Crippen LogP contribution is -2.04. The second-order valence-electron chi connectivity index (χ2n) is 2.86. The minimum atomic E-state index is -0.787. The normalized spacial score (nSPS) is 10.5. The summed E-state index contributed by atoms with van der Waals surface area (Å²) < 4.78 is 13.8. The largest absolute Gasteiger partial charge is 0.465 e. The lowest BCUT2D eigenvalue weighted by molar-refractivity contribution is -0.135. The second kappa shape index (κ2) is 5.51. The predicted octanol–water partition coefficient (Wildman–Crippen LogP) is 1.15. The van der Waals surface area contributed by atoms with Gasteiger partial charge in [0.15, 0.2) is 0 Å². The number of esters is 2. The molecule has 1 aromatic heterocycles. The SMILES string of the molecule is COC(=O)/C(C#N)=C/c1ccoc1C(=O)OC. The predicted molar refractivity (Wildman–Crippen MR) is 55.7 cm³/mol. The maximum Gasteiger partial charge on any atom is 0.374 e. The van der Waals surface area contributed by atoms with E-state index in [0.717, 1.165) is 7.11 Å². The molecule has 0 aliphatic carbocycles. The smallest absolute Gasteiger partial charge is 0.374 e. The summed E-state index contributed by atoms with van der Waals surface area (Å²) in [6, 6.07) is 3.11. The summed E-state index contributed by atoms with van der Waals surface area (Å²) in [5, 5.41) is 8.75. The quantitative estimate of drug-likeness (QED) is 0.443. The maximum atomic E-state index is 11.3. The van der Waals surface area contributed by atoms with Crippen molar-refractivity contribution in [2.75, 3.05) is 14.2 Å². The van der Waals surface area contributed by atoms with E-state index < -0.39 is 11.9 Å². The fourth-order valence-corrected chi connectivity index (χ4v) is 1.09. The molecule has 0 amide bonds. The first kappa shape index (κ1) is 12.5. The molecule has 0 bridgehead atoms. The number of nitriles is 1. The van der Waals surface area contributed by atoms with E-state index in [0.29, 0.717) is 0 Å². The zero-order valence-corrected chi connectivity index (χ0v) is 9.22. The van der Waals surface area contributed by atoms with Gasteiger partial charge in [-0.3, -0.25) is 0 Å². The zero-order valence-electron chi connectivity index (χ0n) is 9.22. The van der Waals surface area contributed by atoms with Gasteiger partial charge in [0.1, 0.15) is 11.6 Å². The lowest BCUT2D eigenvalue weighted by atomic mass is 10.1. The van der Waals surface area contributed by atoms with Gasteiger partial charge in [0.25, 0.3) is 0 Å². The Morgan fingerprint density at radius 2 is 2.12 bits per heavy atom. The standard InChI is InChI=1S/C11H9NO5/c1-15-10(13)8(6-12)5-7-3-4-17-9(7)11(14)16-2/h3-5H,1-2H3/b8-5+. The molecule has 0 unspecified atom stereocenters. The third-order valence-electron chi connectivity index (χ3n) is 1.89. The van der Waals surface area contributed by atoms with Crippen molar-refractivity contribution in [2.24, 2.45) is 0 Å². The van der Waals surface area contributed by atoms with Crippen LogP contribution in [0.15, 0.2) is 22.3 Å². The van der Waals surface area contributed by atoms with E-state index in [-0.39, 0.29) is 16.9 Å². The van der Waals surface area contributed by atoms with Gasteiger partial charge in [-0.05, 0) is 12.1 Å². The number of methoxy groups -OCH3 is 2. The highest BCUT2D eigenvalue weighted by atomic mass is 16.5. The van der Waals surface area contributed by atoms with Crippen LogP contribution in [0.2, 0.25) is 0 Å². The van der Waals surface area contributed by atoms with E-state index in [4.69, 9.17) is 9.68 Å². The van der Waals surface area contributed by atoms with E-state index in [1.54, 1.807) is 6.07 Å². The second-order valence-corrected chi connectivity index (χ2v) is 2.86. The first-order valence-electron chi connectivity index (χ1n) is 4.50. The van der Waals surface area contributed by atoms with Crippen LogP contribution in [0, 0.1) is 11.3 Å². The van der Waals surface area contributed by atoms with Crippen LogP contribution in [0.1, 0.15) is 16.1 Å².